The molecule has 0 unspecified atom stereocenters. The van der Waals surface area contributed by atoms with Gasteiger partial charge in [-0.2, -0.15) is 8.42 Å². The number of Topliss-reactive ketones (excluding diaryl/α,β-unsaturated/α-hetero) is 2. The lowest BCUT2D eigenvalue weighted by Crippen LogP contribution is -2.40. The average molecular weight is 423 g/mol. The first-order chi connectivity index (χ1) is 13.9. The molecule has 0 saturated heterocycles. The molecule has 1 heterocycles. The van der Waals surface area contributed by atoms with Gasteiger partial charge in [-0.05, 0) is 18.1 Å². The van der Waals surface area contributed by atoms with E-state index >= 15 is 0 Å². The summed E-state index contributed by atoms with van der Waals surface area (Å²) in [5, 5.41) is 0. The van der Waals surface area contributed by atoms with Gasteiger partial charge in [-0.15, -0.1) is 0 Å². The highest BCUT2D eigenvalue weighted by Gasteiger charge is 2.50. The van der Waals surface area contributed by atoms with Crippen molar-refractivity contribution in [1.29, 1.82) is 0 Å². The Kier molecular flexibility index (Phi) is 5.36. The lowest BCUT2D eigenvalue weighted by atomic mass is 9.65. The van der Waals surface area contributed by atoms with Gasteiger partial charge in [0.1, 0.15) is 15.7 Å². The van der Waals surface area contributed by atoms with Crippen LogP contribution in [-0.2, 0) is 33.9 Å². The summed E-state index contributed by atoms with van der Waals surface area (Å²) < 4.78 is 35.4. The number of carbonyl (C=O) groups excluding carboxylic acids is 2. The van der Waals surface area contributed by atoms with Crippen LogP contribution < -0.4 is 5.73 Å². The lowest BCUT2D eigenvalue weighted by molar-refractivity contribution is -0.126. The van der Waals surface area contributed by atoms with Crippen molar-refractivity contribution in [2.24, 2.45) is 5.73 Å². The fourth-order valence-electron chi connectivity index (χ4n) is 3.13. The highest BCUT2D eigenvalue weighted by molar-refractivity contribution is 7.90. The summed E-state index contributed by atoms with van der Waals surface area (Å²) in [5.74, 6) is -1.81. The van der Waals surface area contributed by atoms with Crippen molar-refractivity contribution in [3.05, 3.63) is 82.9 Å². The molecule has 11 heteroatoms. The number of ketones is 2. The van der Waals surface area contributed by atoms with Gasteiger partial charge in [-0.25, -0.2) is 0 Å². The monoisotopic (exact) mass is 423 g/mol. The van der Waals surface area contributed by atoms with Crippen molar-refractivity contribution in [2.45, 2.75) is 17.0 Å². The van der Waals surface area contributed by atoms with E-state index in [9.17, 15) is 18.0 Å². The summed E-state index contributed by atoms with van der Waals surface area (Å²) in [4.78, 5) is 24.6. The molecule has 2 aromatic carbocycles. The maximum Gasteiger partial charge on any atom is 0.304 e. The van der Waals surface area contributed by atoms with E-state index in [4.69, 9.17) is 14.7 Å². The van der Waals surface area contributed by atoms with Gasteiger partial charge in [0.2, 0.25) is 17.4 Å². The van der Waals surface area contributed by atoms with Crippen molar-refractivity contribution in [2.75, 3.05) is 0 Å². The van der Waals surface area contributed by atoms with Crippen LogP contribution in [0.3, 0.4) is 0 Å². The van der Waals surface area contributed by atoms with Crippen molar-refractivity contribution in [3.63, 3.8) is 0 Å². The zero-order valence-corrected chi connectivity index (χ0v) is 17.9. The van der Waals surface area contributed by atoms with Gasteiger partial charge in [0.15, 0.2) is 19.1 Å². The second kappa shape index (κ2) is 7.39. The maximum atomic E-state index is 13.1. The largest absolute Gasteiger partial charge is 0.467 e. The zero-order valence-electron chi connectivity index (χ0n) is 17.1. The van der Waals surface area contributed by atoms with Gasteiger partial charge in [0.25, 0.3) is 0 Å². The van der Waals surface area contributed by atoms with E-state index in [0.29, 0.717) is 16.7 Å². The Morgan fingerprint density at radius 2 is 1.67 bits per heavy atom. The number of nitrogens with two attached hydrogens (primary N) is 1. The molecule has 2 N–H and O–H groups in total. The molecule has 152 valence electrons. The quantitative estimate of drug-likeness (QED) is 0.354. The Hall–Kier alpha value is -2.94. The van der Waals surface area contributed by atoms with Crippen LogP contribution in [0.2, 0.25) is 0 Å². The molecule has 0 aromatic heterocycles. The number of benzene rings is 2. The Labute approximate surface area is 178 Å². The third kappa shape index (κ3) is 3.54. The molecule has 1 aliphatic heterocycles. The zero-order chi connectivity index (χ0) is 22.3. The summed E-state index contributed by atoms with van der Waals surface area (Å²) in [6, 6.07) is 14.8. The standard InChI is InChI=1S/C19H20B3NO6S/c1-11(24)12-7-9-13(10-8-12)18(20)16(25)15(17(23)28-18)29-30(26,27)19(21,22)14-5-3-2-4-6-14/h2-10H,20-23H2,1H3/t18-/m1/s1. The average Bonchev–Trinajstić information content (AvgIpc) is 2.92. The van der Waals surface area contributed by atoms with E-state index in [0.717, 1.165) is 0 Å². The first kappa shape index (κ1) is 21.8. The van der Waals surface area contributed by atoms with E-state index in [2.05, 4.69) is 0 Å². The predicted molar refractivity (Wildman–Crippen MR) is 119 cm³/mol. The van der Waals surface area contributed by atoms with E-state index in [-0.39, 0.29) is 5.78 Å². The van der Waals surface area contributed by atoms with Crippen molar-refractivity contribution in [1.82, 2.24) is 0 Å². The minimum Gasteiger partial charge on any atom is -0.467 e. The molecule has 0 spiro atoms. The Bertz CT molecular complexity index is 1150. The number of hydrogen-bond donors (Lipinski definition) is 1. The molecular weight excluding hydrogens is 403 g/mol. The highest BCUT2D eigenvalue weighted by Crippen LogP contribution is 2.38. The van der Waals surface area contributed by atoms with Crippen molar-refractivity contribution >= 4 is 45.2 Å². The van der Waals surface area contributed by atoms with Crippen LogP contribution in [-0.4, -0.2) is 43.5 Å². The molecule has 7 nitrogen and oxygen atoms in total. The van der Waals surface area contributed by atoms with Crippen LogP contribution in [0.4, 0.5) is 0 Å². The number of ether oxygens (including phenoxy) is 1. The number of carbonyl (C=O) groups is 2. The Morgan fingerprint density at radius 3 is 2.20 bits per heavy atom. The molecule has 1 atom stereocenters. The van der Waals surface area contributed by atoms with Crippen LogP contribution >= 0.6 is 0 Å². The van der Waals surface area contributed by atoms with Crippen LogP contribution in [0.15, 0.2) is 66.2 Å². The molecule has 0 radical (unpaired) electrons. The molecule has 3 rings (SSSR count). The van der Waals surface area contributed by atoms with Crippen molar-refractivity contribution < 1.29 is 26.9 Å². The molecule has 0 bridgehead atoms. The fourth-order valence-corrected chi connectivity index (χ4v) is 4.14. The van der Waals surface area contributed by atoms with Crippen molar-refractivity contribution in [3.8, 4) is 0 Å². The van der Waals surface area contributed by atoms with Crippen LogP contribution in [0, 0.1) is 0 Å². The van der Waals surface area contributed by atoms with E-state index in [1.54, 1.807) is 54.6 Å². The van der Waals surface area contributed by atoms with Crippen LogP contribution in [0.25, 0.3) is 0 Å². The summed E-state index contributed by atoms with van der Waals surface area (Å²) in [5.41, 5.74) is 5.66. The predicted octanol–water partition coefficient (Wildman–Crippen LogP) is -1.17. The van der Waals surface area contributed by atoms with Gasteiger partial charge in [0, 0.05) is 5.56 Å². The Balaban J connectivity index is 1.91. The summed E-state index contributed by atoms with van der Waals surface area (Å²) in [7, 11) is 0.134. The second-order valence-electron chi connectivity index (χ2n) is 7.71. The highest BCUT2D eigenvalue weighted by atomic mass is 32.2. The third-order valence-electron chi connectivity index (χ3n) is 5.31. The van der Waals surface area contributed by atoms with Gasteiger partial charge < -0.3 is 14.7 Å². The fraction of sp³-hybridized carbons (Fsp3) is 0.158. The van der Waals surface area contributed by atoms with Crippen LogP contribution in [0.5, 0.6) is 0 Å². The van der Waals surface area contributed by atoms with E-state index in [1.807, 2.05) is 0 Å². The van der Waals surface area contributed by atoms with E-state index in [1.165, 1.54) is 30.5 Å². The number of hydrogen-bond acceptors (Lipinski definition) is 7. The summed E-state index contributed by atoms with van der Waals surface area (Å²) in [6.07, 6.45) is 0. The smallest absolute Gasteiger partial charge is 0.304 e. The first-order valence-electron chi connectivity index (χ1n) is 9.25. The molecular formula is C19H20B3NO6S. The normalized spacial score (nSPS) is 19.4. The van der Waals surface area contributed by atoms with E-state index < -0.39 is 37.6 Å². The minimum absolute atomic E-state index is 0.124. The molecule has 1 aliphatic rings. The first-order valence-corrected chi connectivity index (χ1v) is 10.7. The molecule has 0 amide bonds. The molecule has 0 fully saturated rings. The van der Waals surface area contributed by atoms with Gasteiger partial charge in [-0.1, -0.05) is 54.6 Å². The van der Waals surface area contributed by atoms with Crippen LogP contribution in [0.1, 0.15) is 28.4 Å². The van der Waals surface area contributed by atoms with Gasteiger partial charge in [-0.3, -0.25) is 9.59 Å². The Morgan fingerprint density at radius 1 is 1.10 bits per heavy atom. The SMILES string of the molecule is BC(B)(c1ccccc1)S(=O)(=O)OC1=C(N)O[C@](B)(c2ccc(C(C)=O)cc2)C1=O. The molecule has 0 aliphatic carbocycles. The topological polar surface area (TPSA) is 113 Å². The third-order valence-corrected chi connectivity index (χ3v) is 7.18. The second-order valence-corrected chi connectivity index (χ2v) is 9.80. The minimum atomic E-state index is -4.30. The number of rotatable bonds is 6. The molecule has 2 aromatic rings. The summed E-state index contributed by atoms with van der Waals surface area (Å²) in [6.45, 7) is 1.43. The van der Waals surface area contributed by atoms with Gasteiger partial charge in [0.05, 0.1) is 4.55 Å². The molecule has 0 saturated carbocycles. The molecule has 30 heavy (non-hydrogen) atoms. The van der Waals surface area contributed by atoms with Gasteiger partial charge >= 0.3 is 10.1 Å². The maximum absolute atomic E-state index is 13.1. The lowest BCUT2D eigenvalue weighted by Gasteiger charge is -2.26. The summed E-state index contributed by atoms with van der Waals surface area (Å²) >= 11 is 0.